The summed E-state index contributed by atoms with van der Waals surface area (Å²) >= 11 is 0. The standard InChI is InChI=1S/C21H20N4O4/c1-25-10-9-22-20(25)19(13-3-6-15(28-2)7-4-13)24-21(27)14-5-8-16-17(11-14)29-12-18(26)23-16/h3-11,19H,12H2,1-2H3,(H,23,26)(H,24,27). The number of aromatic nitrogens is 2. The van der Waals surface area contributed by atoms with Gasteiger partial charge in [0.25, 0.3) is 11.8 Å². The van der Waals surface area contributed by atoms with Crippen molar-refractivity contribution < 1.29 is 19.1 Å². The summed E-state index contributed by atoms with van der Waals surface area (Å²) < 4.78 is 12.5. The zero-order valence-electron chi connectivity index (χ0n) is 16.0. The molecule has 8 nitrogen and oxygen atoms in total. The lowest BCUT2D eigenvalue weighted by molar-refractivity contribution is -0.118. The lowest BCUT2D eigenvalue weighted by atomic mass is 10.0. The number of fused-ring (bicyclic) bond motifs is 1. The summed E-state index contributed by atoms with van der Waals surface area (Å²) in [6.45, 7) is -0.0696. The van der Waals surface area contributed by atoms with Crippen molar-refractivity contribution in [2.24, 2.45) is 7.05 Å². The summed E-state index contributed by atoms with van der Waals surface area (Å²) in [5.74, 6) is 1.40. The molecule has 2 amide bonds. The topological polar surface area (TPSA) is 94.5 Å². The van der Waals surface area contributed by atoms with Gasteiger partial charge in [-0.1, -0.05) is 12.1 Å². The van der Waals surface area contributed by atoms with Crippen molar-refractivity contribution in [3.8, 4) is 11.5 Å². The number of aryl methyl sites for hydroxylation is 1. The lowest BCUT2D eigenvalue weighted by Crippen LogP contribution is -2.31. The molecule has 2 aromatic carbocycles. The fourth-order valence-electron chi connectivity index (χ4n) is 3.18. The molecule has 8 heteroatoms. The molecule has 3 aromatic rings. The number of imidazole rings is 1. The van der Waals surface area contributed by atoms with Crippen molar-refractivity contribution in [2.75, 3.05) is 19.0 Å². The SMILES string of the molecule is COc1ccc(C(NC(=O)c2ccc3c(c2)OCC(=O)N3)c2nccn2C)cc1. The minimum absolute atomic E-state index is 0.0696. The van der Waals surface area contributed by atoms with Crippen molar-refractivity contribution in [3.05, 3.63) is 71.8 Å². The van der Waals surface area contributed by atoms with Gasteiger partial charge >= 0.3 is 0 Å². The van der Waals surface area contributed by atoms with Gasteiger partial charge in [0, 0.05) is 25.0 Å². The molecule has 0 aliphatic carbocycles. The summed E-state index contributed by atoms with van der Waals surface area (Å²) in [5, 5.41) is 5.75. The van der Waals surface area contributed by atoms with E-state index >= 15 is 0 Å². The van der Waals surface area contributed by atoms with E-state index in [1.54, 1.807) is 31.5 Å². The van der Waals surface area contributed by atoms with Crippen molar-refractivity contribution in [1.82, 2.24) is 14.9 Å². The van der Waals surface area contributed by atoms with Crippen LogP contribution in [0.2, 0.25) is 0 Å². The molecule has 0 bridgehead atoms. The molecular weight excluding hydrogens is 372 g/mol. The summed E-state index contributed by atoms with van der Waals surface area (Å²) in [6.07, 6.45) is 3.51. The molecule has 4 rings (SSSR count). The number of anilines is 1. The highest BCUT2D eigenvalue weighted by atomic mass is 16.5. The van der Waals surface area contributed by atoms with Gasteiger partial charge in [0.15, 0.2) is 6.61 Å². The van der Waals surface area contributed by atoms with Crippen molar-refractivity contribution in [3.63, 3.8) is 0 Å². The number of carbonyl (C=O) groups is 2. The predicted octanol–water partition coefficient (Wildman–Crippen LogP) is 2.28. The average Bonchev–Trinajstić information content (AvgIpc) is 3.17. The summed E-state index contributed by atoms with van der Waals surface area (Å²) in [6, 6.07) is 11.9. The Kier molecular flexibility index (Phi) is 4.90. The Morgan fingerprint density at radius 2 is 2.07 bits per heavy atom. The molecule has 0 spiro atoms. The van der Waals surface area contributed by atoms with Crippen LogP contribution in [0.4, 0.5) is 5.69 Å². The minimum Gasteiger partial charge on any atom is -0.497 e. The van der Waals surface area contributed by atoms with Crippen LogP contribution in [-0.4, -0.2) is 35.1 Å². The number of benzene rings is 2. The Hall–Kier alpha value is -3.81. The van der Waals surface area contributed by atoms with Crippen molar-refractivity contribution >= 4 is 17.5 Å². The van der Waals surface area contributed by atoms with Gasteiger partial charge in [-0.2, -0.15) is 0 Å². The van der Waals surface area contributed by atoms with E-state index in [0.29, 0.717) is 22.8 Å². The van der Waals surface area contributed by atoms with Crippen LogP contribution in [0.15, 0.2) is 54.9 Å². The van der Waals surface area contributed by atoms with E-state index in [9.17, 15) is 9.59 Å². The van der Waals surface area contributed by atoms with E-state index in [-0.39, 0.29) is 18.4 Å². The van der Waals surface area contributed by atoms with E-state index in [2.05, 4.69) is 15.6 Å². The third-order valence-corrected chi connectivity index (χ3v) is 4.72. The largest absolute Gasteiger partial charge is 0.497 e. The first-order chi connectivity index (χ1) is 14.0. The number of methoxy groups -OCH3 is 1. The molecule has 0 saturated heterocycles. The van der Waals surface area contributed by atoms with E-state index < -0.39 is 6.04 Å². The van der Waals surface area contributed by atoms with E-state index in [0.717, 1.165) is 11.3 Å². The zero-order chi connectivity index (χ0) is 20.4. The minimum atomic E-state index is -0.454. The van der Waals surface area contributed by atoms with Gasteiger partial charge < -0.3 is 24.7 Å². The maximum absolute atomic E-state index is 13.0. The highest BCUT2D eigenvalue weighted by Crippen LogP contribution is 2.29. The van der Waals surface area contributed by atoms with E-state index in [1.165, 1.54) is 0 Å². The number of nitrogens with zero attached hydrogens (tertiary/aromatic N) is 2. The highest BCUT2D eigenvalue weighted by molar-refractivity contribution is 5.99. The first kappa shape index (κ1) is 18.5. The molecule has 1 aromatic heterocycles. The molecule has 2 N–H and O–H groups in total. The van der Waals surface area contributed by atoms with Crippen LogP contribution in [-0.2, 0) is 11.8 Å². The number of rotatable bonds is 5. The Labute approximate surface area is 167 Å². The van der Waals surface area contributed by atoms with E-state index in [1.807, 2.05) is 42.1 Å². The lowest BCUT2D eigenvalue weighted by Gasteiger charge is -2.21. The molecule has 2 heterocycles. The van der Waals surface area contributed by atoms with Crippen molar-refractivity contribution in [2.45, 2.75) is 6.04 Å². The van der Waals surface area contributed by atoms with Gasteiger partial charge in [-0.25, -0.2) is 4.98 Å². The molecule has 0 fully saturated rings. The highest BCUT2D eigenvalue weighted by Gasteiger charge is 2.23. The number of nitrogens with one attached hydrogen (secondary N) is 2. The second kappa shape index (κ2) is 7.67. The molecule has 1 atom stereocenters. The molecular formula is C21H20N4O4. The maximum atomic E-state index is 13.0. The second-order valence-electron chi connectivity index (χ2n) is 6.62. The van der Waals surface area contributed by atoms with Crippen molar-refractivity contribution in [1.29, 1.82) is 0 Å². The normalized spacial score (nSPS) is 13.7. The fraction of sp³-hybridized carbons (Fsp3) is 0.190. The monoisotopic (exact) mass is 392 g/mol. The van der Waals surface area contributed by atoms with Gasteiger partial charge in [0.2, 0.25) is 0 Å². The van der Waals surface area contributed by atoms with E-state index in [4.69, 9.17) is 9.47 Å². The molecule has 148 valence electrons. The number of amides is 2. The molecule has 29 heavy (non-hydrogen) atoms. The Morgan fingerprint density at radius 1 is 1.28 bits per heavy atom. The van der Waals surface area contributed by atoms with Crippen LogP contribution < -0.4 is 20.1 Å². The predicted molar refractivity (Wildman–Crippen MR) is 106 cm³/mol. The second-order valence-corrected chi connectivity index (χ2v) is 6.62. The number of carbonyl (C=O) groups excluding carboxylic acids is 2. The third-order valence-electron chi connectivity index (χ3n) is 4.72. The summed E-state index contributed by atoms with van der Waals surface area (Å²) in [5.41, 5.74) is 1.84. The fourth-order valence-corrected chi connectivity index (χ4v) is 3.18. The van der Waals surface area contributed by atoms with Gasteiger partial charge in [-0.3, -0.25) is 9.59 Å². The van der Waals surface area contributed by atoms with Crippen LogP contribution in [0.3, 0.4) is 0 Å². The third kappa shape index (κ3) is 3.77. The first-order valence-electron chi connectivity index (χ1n) is 9.04. The Bertz CT molecular complexity index is 1060. The van der Waals surface area contributed by atoms with Gasteiger partial charge in [-0.15, -0.1) is 0 Å². The summed E-state index contributed by atoms with van der Waals surface area (Å²) in [4.78, 5) is 28.8. The van der Waals surface area contributed by atoms with Crippen LogP contribution in [0.1, 0.15) is 27.8 Å². The maximum Gasteiger partial charge on any atom is 0.262 e. The quantitative estimate of drug-likeness (QED) is 0.695. The van der Waals surface area contributed by atoms with Gasteiger partial charge in [0.1, 0.15) is 23.4 Å². The molecule has 0 radical (unpaired) electrons. The van der Waals surface area contributed by atoms with Crippen LogP contribution in [0.25, 0.3) is 0 Å². The van der Waals surface area contributed by atoms with Crippen LogP contribution in [0, 0.1) is 0 Å². The van der Waals surface area contributed by atoms with Crippen LogP contribution >= 0.6 is 0 Å². The molecule has 1 aliphatic rings. The molecule has 1 unspecified atom stereocenters. The average molecular weight is 392 g/mol. The number of hydrogen-bond acceptors (Lipinski definition) is 5. The molecule has 0 saturated carbocycles. The number of hydrogen-bond donors (Lipinski definition) is 2. The van der Waals surface area contributed by atoms with Gasteiger partial charge in [-0.05, 0) is 35.9 Å². The smallest absolute Gasteiger partial charge is 0.262 e. The summed E-state index contributed by atoms with van der Waals surface area (Å²) in [7, 11) is 3.48. The van der Waals surface area contributed by atoms with Gasteiger partial charge in [0.05, 0.1) is 12.8 Å². The van der Waals surface area contributed by atoms with Crippen LogP contribution in [0.5, 0.6) is 11.5 Å². The molecule has 1 aliphatic heterocycles. The number of ether oxygens (including phenoxy) is 2. The first-order valence-corrected chi connectivity index (χ1v) is 9.04. The Balaban J connectivity index is 1.63. The Morgan fingerprint density at radius 3 is 2.76 bits per heavy atom. The zero-order valence-corrected chi connectivity index (χ0v) is 16.0.